The van der Waals surface area contributed by atoms with Crippen molar-refractivity contribution in [3.05, 3.63) is 22.6 Å². The van der Waals surface area contributed by atoms with Crippen LogP contribution in [0.4, 0.5) is 0 Å². The normalized spacial score (nSPS) is 10.2. The largest absolute Gasteiger partial charge is 0.342 e. The van der Waals surface area contributed by atoms with E-state index in [1.807, 2.05) is 13.8 Å². The van der Waals surface area contributed by atoms with E-state index >= 15 is 0 Å². The Morgan fingerprint density at radius 2 is 1.95 bits per heavy atom. The molecule has 0 aliphatic rings. The monoisotopic (exact) mass is 312 g/mol. The predicted molar refractivity (Wildman–Crippen MR) is 81.1 cm³/mol. The van der Waals surface area contributed by atoms with Crippen molar-refractivity contribution < 1.29 is 9.59 Å². The van der Waals surface area contributed by atoms with Crippen molar-refractivity contribution in [3.8, 4) is 0 Å². The summed E-state index contributed by atoms with van der Waals surface area (Å²) in [5.74, 6) is -0.145. The lowest BCUT2D eigenvalue weighted by atomic mass is 10.4. The summed E-state index contributed by atoms with van der Waals surface area (Å²) >= 11 is 1.14. The maximum absolute atomic E-state index is 12.0. The van der Waals surface area contributed by atoms with E-state index < -0.39 is 0 Å². The van der Waals surface area contributed by atoms with Crippen LogP contribution in [-0.4, -0.2) is 64.0 Å². The highest BCUT2D eigenvalue weighted by Gasteiger charge is 2.16. The van der Waals surface area contributed by atoms with Gasteiger partial charge in [-0.1, -0.05) is 11.8 Å². The number of aromatic nitrogens is 2. The van der Waals surface area contributed by atoms with Crippen molar-refractivity contribution in [2.45, 2.75) is 19.0 Å². The Kier molecular flexibility index (Phi) is 6.93. The van der Waals surface area contributed by atoms with Gasteiger partial charge >= 0.3 is 0 Å². The van der Waals surface area contributed by atoms with Crippen LogP contribution < -0.4 is 5.56 Å². The number of rotatable bonds is 7. The van der Waals surface area contributed by atoms with Gasteiger partial charge in [0.1, 0.15) is 0 Å². The van der Waals surface area contributed by atoms with Gasteiger partial charge in [0.05, 0.1) is 12.3 Å². The van der Waals surface area contributed by atoms with Gasteiger partial charge in [-0.05, 0) is 13.8 Å². The smallest absolute Gasteiger partial charge is 0.251 e. The maximum atomic E-state index is 12.0. The van der Waals surface area contributed by atoms with Crippen molar-refractivity contribution in [1.82, 2.24) is 19.8 Å². The summed E-state index contributed by atoms with van der Waals surface area (Å²) in [6, 6.07) is 1.31. The van der Waals surface area contributed by atoms with Crippen LogP contribution in [0.15, 0.2) is 22.2 Å². The van der Waals surface area contributed by atoms with Crippen LogP contribution in [0.2, 0.25) is 0 Å². The summed E-state index contributed by atoms with van der Waals surface area (Å²) in [4.78, 5) is 44.5. The van der Waals surface area contributed by atoms with E-state index in [0.29, 0.717) is 18.2 Å². The Balaban J connectivity index is 2.48. The van der Waals surface area contributed by atoms with Crippen LogP contribution in [0.1, 0.15) is 13.8 Å². The lowest BCUT2D eigenvalue weighted by molar-refractivity contribution is -0.137. The topological polar surface area (TPSA) is 86.4 Å². The van der Waals surface area contributed by atoms with Crippen LogP contribution in [-0.2, 0) is 9.59 Å². The molecule has 1 aromatic heterocycles. The average molecular weight is 312 g/mol. The Hall–Kier alpha value is -1.83. The van der Waals surface area contributed by atoms with E-state index in [1.165, 1.54) is 17.2 Å². The fourth-order valence-electron chi connectivity index (χ4n) is 1.63. The maximum Gasteiger partial charge on any atom is 0.251 e. The highest BCUT2D eigenvalue weighted by molar-refractivity contribution is 7.99. The zero-order valence-corrected chi connectivity index (χ0v) is 13.3. The van der Waals surface area contributed by atoms with Crippen LogP contribution in [0.3, 0.4) is 0 Å². The number of aromatic amines is 1. The first-order valence-electron chi connectivity index (χ1n) is 6.67. The van der Waals surface area contributed by atoms with Gasteiger partial charge in [0.15, 0.2) is 5.16 Å². The summed E-state index contributed by atoms with van der Waals surface area (Å²) in [6.07, 6.45) is 1.39. The number of nitrogens with zero attached hydrogens (tertiary/aromatic N) is 3. The molecule has 0 bridgehead atoms. The second kappa shape index (κ2) is 8.46. The molecule has 0 spiro atoms. The summed E-state index contributed by atoms with van der Waals surface area (Å²) < 4.78 is 0. The summed E-state index contributed by atoms with van der Waals surface area (Å²) in [5.41, 5.74) is -0.259. The molecule has 0 unspecified atom stereocenters. The minimum absolute atomic E-state index is 0.0554. The Bertz CT molecular complexity index is 542. The van der Waals surface area contributed by atoms with E-state index in [2.05, 4.69) is 9.97 Å². The first kappa shape index (κ1) is 17.2. The van der Waals surface area contributed by atoms with Gasteiger partial charge in [-0.15, -0.1) is 0 Å². The molecule has 0 atom stereocenters. The molecule has 1 aromatic rings. The quantitative estimate of drug-likeness (QED) is 0.574. The lowest BCUT2D eigenvalue weighted by Crippen LogP contribution is -2.41. The molecule has 116 valence electrons. The molecule has 0 fully saturated rings. The van der Waals surface area contributed by atoms with E-state index in [0.717, 1.165) is 11.8 Å². The highest BCUT2D eigenvalue weighted by atomic mass is 32.2. The van der Waals surface area contributed by atoms with Gasteiger partial charge in [-0.3, -0.25) is 14.4 Å². The molecule has 0 aliphatic carbocycles. The number of carbonyl (C=O) groups is 2. The van der Waals surface area contributed by atoms with Crippen molar-refractivity contribution in [2.24, 2.45) is 0 Å². The second-order valence-electron chi connectivity index (χ2n) is 4.34. The van der Waals surface area contributed by atoms with E-state index in [4.69, 9.17) is 0 Å². The third kappa shape index (κ3) is 5.58. The van der Waals surface area contributed by atoms with Crippen LogP contribution in [0, 0.1) is 0 Å². The van der Waals surface area contributed by atoms with Crippen LogP contribution in [0.5, 0.6) is 0 Å². The van der Waals surface area contributed by atoms with Gasteiger partial charge in [0.2, 0.25) is 11.8 Å². The van der Waals surface area contributed by atoms with Gasteiger partial charge < -0.3 is 14.8 Å². The zero-order valence-electron chi connectivity index (χ0n) is 12.5. The molecule has 0 radical (unpaired) electrons. The van der Waals surface area contributed by atoms with Crippen LogP contribution >= 0.6 is 11.8 Å². The first-order chi connectivity index (χ1) is 9.97. The molecule has 2 amide bonds. The molecule has 0 saturated carbocycles. The standard InChI is InChI=1S/C13H20N4O3S/c1-4-17(5-2)11(19)8-16(3)12(20)9-21-13-14-7-6-10(18)15-13/h6-7H,4-5,8-9H2,1-3H3,(H,14,15,18). The second-order valence-corrected chi connectivity index (χ2v) is 5.31. The molecule has 1 rings (SSSR count). The fraction of sp³-hybridized carbons (Fsp3) is 0.538. The number of hydrogen-bond acceptors (Lipinski definition) is 5. The summed E-state index contributed by atoms with van der Waals surface area (Å²) in [7, 11) is 1.59. The number of carbonyl (C=O) groups excluding carboxylic acids is 2. The van der Waals surface area contributed by atoms with E-state index in [1.54, 1.807) is 11.9 Å². The third-order valence-electron chi connectivity index (χ3n) is 2.89. The number of nitrogens with one attached hydrogen (secondary N) is 1. The van der Waals surface area contributed by atoms with Crippen molar-refractivity contribution in [3.63, 3.8) is 0 Å². The van der Waals surface area contributed by atoms with Crippen molar-refractivity contribution in [1.29, 1.82) is 0 Å². The minimum atomic E-state index is -0.259. The SMILES string of the molecule is CCN(CC)C(=O)CN(C)C(=O)CSc1nccc(=O)[nH]1. The predicted octanol–water partition coefficient (Wildman–Crippen LogP) is 0.189. The minimum Gasteiger partial charge on any atom is -0.342 e. The third-order valence-corrected chi connectivity index (χ3v) is 3.77. The molecular weight excluding hydrogens is 292 g/mol. The number of thioether (sulfide) groups is 1. The summed E-state index contributed by atoms with van der Waals surface area (Å²) in [5, 5.41) is 0.388. The lowest BCUT2D eigenvalue weighted by Gasteiger charge is -2.23. The Morgan fingerprint density at radius 3 is 2.52 bits per heavy atom. The number of H-pyrrole nitrogens is 1. The molecule has 0 aliphatic heterocycles. The molecular formula is C13H20N4O3S. The van der Waals surface area contributed by atoms with Gasteiger partial charge in [-0.2, -0.15) is 0 Å². The average Bonchev–Trinajstić information content (AvgIpc) is 2.46. The molecule has 21 heavy (non-hydrogen) atoms. The van der Waals surface area contributed by atoms with Gasteiger partial charge in [-0.25, -0.2) is 4.98 Å². The summed E-state index contributed by atoms with van der Waals surface area (Å²) in [6.45, 7) is 5.11. The van der Waals surface area contributed by atoms with Crippen molar-refractivity contribution in [2.75, 3.05) is 32.4 Å². The highest BCUT2D eigenvalue weighted by Crippen LogP contribution is 2.10. The van der Waals surface area contributed by atoms with Crippen molar-refractivity contribution >= 4 is 23.6 Å². The molecule has 8 heteroatoms. The Morgan fingerprint density at radius 1 is 1.29 bits per heavy atom. The van der Waals surface area contributed by atoms with Crippen LogP contribution in [0.25, 0.3) is 0 Å². The molecule has 0 aromatic carbocycles. The number of amides is 2. The van der Waals surface area contributed by atoms with Gasteiger partial charge in [0.25, 0.3) is 5.56 Å². The van der Waals surface area contributed by atoms with E-state index in [9.17, 15) is 14.4 Å². The number of hydrogen-bond donors (Lipinski definition) is 1. The Labute approximate surface area is 127 Å². The first-order valence-corrected chi connectivity index (χ1v) is 7.66. The fourth-order valence-corrected chi connectivity index (χ4v) is 2.42. The number of likely N-dealkylation sites (N-methyl/N-ethyl adjacent to an activating group) is 2. The molecule has 1 N–H and O–H groups in total. The molecule has 1 heterocycles. The van der Waals surface area contributed by atoms with Gasteiger partial charge in [0, 0.05) is 32.4 Å². The zero-order chi connectivity index (χ0) is 15.8. The molecule has 0 saturated heterocycles. The van der Waals surface area contributed by atoms with E-state index in [-0.39, 0.29) is 29.7 Å². The molecule has 7 nitrogen and oxygen atoms in total.